The second-order valence-corrected chi connectivity index (χ2v) is 10.2. The zero-order valence-electron chi connectivity index (χ0n) is 18.8. The van der Waals surface area contributed by atoms with Crippen molar-refractivity contribution in [2.24, 2.45) is 0 Å². The molecule has 2 aromatic rings. The Hall–Kier alpha value is -2.42. The number of halogens is 1. The third kappa shape index (κ3) is 6.79. The van der Waals surface area contributed by atoms with Gasteiger partial charge in [-0.05, 0) is 50.1 Å². The molecule has 2 amide bonds. The number of aryl methyl sites for hydroxylation is 1. The molecule has 174 valence electrons. The number of nitrogens with one attached hydrogen (secondary N) is 1. The summed E-state index contributed by atoms with van der Waals surface area (Å²) in [5.41, 5.74) is 1.71. The number of carbonyl (C=O) groups is 2. The van der Waals surface area contributed by atoms with E-state index in [2.05, 4.69) is 5.32 Å². The number of carbonyl (C=O) groups excluding carboxylic acids is 2. The molecule has 0 spiro atoms. The van der Waals surface area contributed by atoms with Crippen LogP contribution in [0, 0.1) is 6.92 Å². The summed E-state index contributed by atoms with van der Waals surface area (Å²) in [5.74, 6) is -0.768. The number of amides is 2. The molecule has 9 heteroatoms. The molecule has 0 radical (unpaired) electrons. The molecule has 1 unspecified atom stereocenters. The van der Waals surface area contributed by atoms with E-state index in [4.69, 9.17) is 11.6 Å². The molecule has 2 rings (SSSR count). The van der Waals surface area contributed by atoms with Crippen LogP contribution in [0.3, 0.4) is 0 Å². The number of benzene rings is 2. The van der Waals surface area contributed by atoms with Crippen molar-refractivity contribution in [2.75, 3.05) is 20.1 Å². The van der Waals surface area contributed by atoms with Gasteiger partial charge in [0.1, 0.15) is 6.04 Å². The van der Waals surface area contributed by atoms with Crippen LogP contribution in [0.5, 0.6) is 0 Å². The molecule has 2 aromatic carbocycles. The zero-order chi connectivity index (χ0) is 23.9. The predicted molar refractivity (Wildman–Crippen MR) is 126 cm³/mol. The van der Waals surface area contributed by atoms with Crippen molar-refractivity contribution in [2.45, 2.75) is 44.7 Å². The monoisotopic (exact) mass is 479 g/mol. The molecule has 1 N–H and O–H groups in total. The summed E-state index contributed by atoms with van der Waals surface area (Å²) in [7, 11) is -2.50. The topological polar surface area (TPSA) is 86.8 Å². The molecule has 0 bridgehead atoms. The van der Waals surface area contributed by atoms with Gasteiger partial charge < -0.3 is 10.2 Å². The summed E-state index contributed by atoms with van der Waals surface area (Å²) in [6.45, 7) is 5.68. The fourth-order valence-corrected chi connectivity index (χ4v) is 4.27. The predicted octanol–water partition coefficient (Wildman–Crippen LogP) is 3.21. The highest BCUT2D eigenvalue weighted by molar-refractivity contribution is 7.89. The van der Waals surface area contributed by atoms with Crippen LogP contribution in [0.25, 0.3) is 0 Å². The molecule has 0 fully saturated rings. The maximum atomic E-state index is 13.2. The van der Waals surface area contributed by atoms with Gasteiger partial charge in [-0.15, -0.1) is 0 Å². The highest BCUT2D eigenvalue weighted by atomic mass is 35.5. The third-order valence-electron chi connectivity index (χ3n) is 5.07. The Kier molecular flexibility index (Phi) is 9.24. The van der Waals surface area contributed by atoms with E-state index in [1.807, 2.05) is 13.8 Å². The van der Waals surface area contributed by atoms with E-state index in [-0.39, 0.29) is 17.3 Å². The zero-order valence-corrected chi connectivity index (χ0v) is 20.4. The molecule has 0 heterocycles. The van der Waals surface area contributed by atoms with Crippen LogP contribution in [0.1, 0.15) is 31.4 Å². The normalized spacial score (nSPS) is 12.4. The van der Waals surface area contributed by atoms with Crippen LogP contribution in [-0.2, 0) is 26.2 Å². The Balaban J connectivity index is 2.24. The van der Waals surface area contributed by atoms with Crippen LogP contribution >= 0.6 is 11.6 Å². The van der Waals surface area contributed by atoms with E-state index in [1.165, 1.54) is 24.1 Å². The van der Waals surface area contributed by atoms with Gasteiger partial charge in [0.15, 0.2) is 0 Å². The van der Waals surface area contributed by atoms with Crippen LogP contribution in [0.15, 0.2) is 53.4 Å². The molecule has 32 heavy (non-hydrogen) atoms. The quantitative estimate of drug-likeness (QED) is 0.566. The Morgan fingerprint density at radius 1 is 1.06 bits per heavy atom. The van der Waals surface area contributed by atoms with Gasteiger partial charge in [-0.25, -0.2) is 8.42 Å². The summed E-state index contributed by atoms with van der Waals surface area (Å²) < 4.78 is 26.8. The first-order valence-electron chi connectivity index (χ1n) is 10.4. The van der Waals surface area contributed by atoms with Gasteiger partial charge in [0, 0.05) is 25.2 Å². The van der Waals surface area contributed by atoms with Crippen molar-refractivity contribution >= 4 is 33.4 Å². The van der Waals surface area contributed by atoms with Crippen molar-refractivity contribution in [3.63, 3.8) is 0 Å². The Morgan fingerprint density at radius 2 is 1.66 bits per heavy atom. The second kappa shape index (κ2) is 11.4. The van der Waals surface area contributed by atoms with E-state index in [0.29, 0.717) is 11.6 Å². The lowest BCUT2D eigenvalue weighted by Crippen LogP contribution is -2.50. The van der Waals surface area contributed by atoms with E-state index >= 15 is 0 Å². The molecule has 0 saturated heterocycles. The van der Waals surface area contributed by atoms with E-state index < -0.39 is 28.5 Å². The van der Waals surface area contributed by atoms with Gasteiger partial charge in [-0.3, -0.25) is 9.59 Å². The van der Waals surface area contributed by atoms with Crippen molar-refractivity contribution in [1.29, 1.82) is 0 Å². The van der Waals surface area contributed by atoms with Crippen LogP contribution in [0.2, 0.25) is 5.02 Å². The van der Waals surface area contributed by atoms with Crippen molar-refractivity contribution in [3.05, 3.63) is 64.7 Å². The highest BCUT2D eigenvalue weighted by Crippen LogP contribution is 2.17. The molecule has 1 atom stereocenters. The molecule has 0 aliphatic heterocycles. The third-order valence-corrected chi connectivity index (χ3v) is 7.14. The summed E-state index contributed by atoms with van der Waals surface area (Å²) in [6, 6.07) is 12.6. The largest absolute Gasteiger partial charge is 0.354 e. The molecule has 0 saturated carbocycles. The summed E-state index contributed by atoms with van der Waals surface area (Å²) in [4.78, 5) is 27.3. The smallest absolute Gasteiger partial charge is 0.243 e. The van der Waals surface area contributed by atoms with E-state index in [9.17, 15) is 18.0 Å². The minimum Gasteiger partial charge on any atom is -0.354 e. The fourth-order valence-electron chi connectivity index (χ4n) is 3.02. The molecule has 0 aliphatic rings. The molecular weight excluding hydrogens is 450 g/mol. The average Bonchev–Trinajstić information content (AvgIpc) is 2.76. The number of sulfonamides is 1. The second-order valence-electron chi connectivity index (χ2n) is 7.69. The summed E-state index contributed by atoms with van der Waals surface area (Å²) >= 11 is 5.95. The van der Waals surface area contributed by atoms with Gasteiger partial charge >= 0.3 is 0 Å². The Bertz CT molecular complexity index is 1020. The lowest BCUT2D eigenvalue weighted by molar-refractivity contribution is -0.140. The minimum absolute atomic E-state index is 0.108. The summed E-state index contributed by atoms with van der Waals surface area (Å²) in [5, 5.41) is 3.35. The van der Waals surface area contributed by atoms with Crippen LogP contribution in [0.4, 0.5) is 0 Å². The first-order chi connectivity index (χ1) is 15.1. The Morgan fingerprint density at radius 3 is 2.22 bits per heavy atom. The maximum absolute atomic E-state index is 13.2. The van der Waals surface area contributed by atoms with Crippen molar-refractivity contribution in [1.82, 2.24) is 14.5 Å². The number of nitrogens with zero attached hydrogens (tertiary/aromatic N) is 2. The number of rotatable bonds is 10. The molecule has 7 nitrogen and oxygen atoms in total. The number of hydrogen-bond acceptors (Lipinski definition) is 4. The highest BCUT2D eigenvalue weighted by Gasteiger charge is 2.30. The van der Waals surface area contributed by atoms with Gasteiger partial charge in [0.25, 0.3) is 0 Å². The molecule has 0 aromatic heterocycles. The van der Waals surface area contributed by atoms with Gasteiger partial charge in [-0.2, -0.15) is 4.31 Å². The molecule has 0 aliphatic carbocycles. The fraction of sp³-hybridized carbons (Fsp3) is 0.391. The van der Waals surface area contributed by atoms with E-state index in [1.54, 1.807) is 43.3 Å². The standard InChI is InChI=1S/C23H30ClN3O4S/c1-5-14-25-23(29)18(3)27(15-19-8-10-20(24)11-9-19)22(28)16-26(4)32(30,31)21-12-6-17(2)7-13-21/h6-13,18H,5,14-16H2,1-4H3,(H,25,29). The number of hydrogen-bond donors (Lipinski definition) is 1. The summed E-state index contributed by atoms with van der Waals surface area (Å²) in [6.07, 6.45) is 0.765. The Labute approximate surface area is 195 Å². The number of likely N-dealkylation sites (N-methyl/N-ethyl adjacent to an activating group) is 1. The van der Waals surface area contributed by atoms with E-state index in [0.717, 1.165) is 21.9 Å². The lowest BCUT2D eigenvalue weighted by atomic mass is 10.1. The van der Waals surface area contributed by atoms with Crippen molar-refractivity contribution in [3.8, 4) is 0 Å². The first-order valence-corrected chi connectivity index (χ1v) is 12.2. The first kappa shape index (κ1) is 25.8. The van der Waals surface area contributed by atoms with Crippen LogP contribution < -0.4 is 5.32 Å². The van der Waals surface area contributed by atoms with Gasteiger partial charge in [0.05, 0.1) is 11.4 Å². The average molecular weight is 480 g/mol. The van der Waals surface area contributed by atoms with Gasteiger partial charge in [-0.1, -0.05) is 48.4 Å². The van der Waals surface area contributed by atoms with Crippen LogP contribution in [-0.4, -0.2) is 55.6 Å². The maximum Gasteiger partial charge on any atom is 0.243 e. The lowest BCUT2D eigenvalue weighted by Gasteiger charge is -2.30. The minimum atomic E-state index is -3.86. The van der Waals surface area contributed by atoms with Crippen molar-refractivity contribution < 1.29 is 18.0 Å². The SMILES string of the molecule is CCCNC(=O)C(C)N(Cc1ccc(Cl)cc1)C(=O)CN(C)S(=O)(=O)c1ccc(C)cc1. The molecular formula is C23H30ClN3O4S. The van der Waals surface area contributed by atoms with Gasteiger partial charge in [0.2, 0.25) is 21.8 Å².